The van der Waals surface area contributed by atoms with Gasteiger partial charge >= 0.3 is 15.5 Å². The van der Waals surface area contributed by atoms with Gasteiger partial charge in [-0.15, -0.1) is 0 Å². The number of nitrogens with one attached hydrogen (secondary N) is 1. The summed E-state index contributed by atoms with van der Waals surface area (Å²) in [4.78, 5) is 0. The summed E-state index contributed by atoms with van der Waals surface area (Å²) in [7, 11) is -5.48. The average molecular weight is 250 g/mol. The van der Waals surface area contributed by atoms with Crippen LogP contribution in [0.25, 0.3) is 0 Å². The smallest absolute Gasteiger partial charge is 0.275 e. The molecule has 0 atom stereocenters. The van der Waals surface area contributed by atoms with Crippen molar-refractivity contribution >= 4 is 15.7 Å². The van der Waals surface area contributed by atoms with Crippen molar-refractivity contribution in [3.05, 3.63) is 29.8 Å². The van der Waals surface area contributed by atoms with Crippen LogP contribution in [0.2, 0.25) is 0 Å². The Bertz CT molecular complexity index is 531. The molecule has 4 nitrogen and oxygen atoms in total. The van der Waals surface area contributed by atoms with Gasteiger partial charge in [0.1, 0.15) is 6.07 Å². The highest BCUT2D eigenvalue weighted by Gasteiger charge is 2.46. The number of alkyl halides is 3. The highest BCUT2D eigenvalue weighted by molar-refractivity contribution is 7.93. The minimum absolute atomic E-state index is 0.185. The number of hydrogen-bond acceptors (Lipinski definition) is 3. The van der Waals surface area contributed by atoms with Crippen LogP contribution < -0.4 is 4.72 Å². The summed E-state index contributed by atoms with van der Waals surface area (Å²) in [5.74, 6) is 0. The van der Waals surface area contributed by atoms with Crippen molar-refractivity contribution in [2.24, 2.45) is 0 Å². The normalized spacial score (nSPS) is 11.9. The molecular formula is C8H5F3N2O2S. The van der Waals surface area contributed by atoms with Crippen LogP contribution in [0.15, 0.2) is 24.3 Å². The molecule has 0 radical (unpaired) electrons. The molecule has 0 unspecified atom stereocenters. The zero-order chi connectivity index (χ0) is 12.4. The maximum atomic E-state index is 12.0. The molecular weight excluding hydrogens is 245 g/mol. The first-order valence-electron chi connectivity index (χ1n) is 3.86. The summed E-state index contributed by atoms with van der Waals surface area (Å²) in [6.45, 7) is 0. The van der Waals surface area contributed by atoms with Crippen LogP contribution in [0.4, 0.5) is 18.9 Å². The van der Waals surface area contributed by atoms with E-state index in [4.69, 9.17) is 5.26 Å². The topological polar surface area (TPSA) is 70.0 Å². The van der Waals surface area contributed by atoms with Gasteiger partial charge in [-0.3, -0.25) is 4.72 Å². The van der Waals surface area contributed by atoms with E-state index in [0.717, 1.165) is 6.07 Å². The lowest BCUT2D eigenvalue weighted by Gasteiger charge is -2.11. The van der Waals surface area contributed by atoms with Gasteiger partial charge in [0.25, 0.3) is 0 Å². The third-order valence-corrected chi connectivity index (χ3v) is 2.69. The number of benzene rings is 1. The second kappa shape index (κ2) is 4.02. The molecule has 0 saturated carbocycles. The van der Waals surface area contributed by atoms with E-state index in [1.54, 1.807) is 6.07 Å². The van der Waals surface area contributed by atoms with Gasteiger partial charge in [-0.05, 0) is 12.1 Å². The van der Waals surface area contributed by atoms with Crippen LogP contribution in [0, 0.1) is 11.3 Å². The van der Waals surface area contributed by atoms with Crippen molar-refractivity contribution in [1.82, 2.24) is 0 Å². The first-order valence-corrected chi connectivity index (χ1v) is 5.34. The molecule has 0 saturated heterocycles. The number of nitrogens with zero attached hydrogens (tertiary/aromatic N) is 1. The minimum atomic E-state index is -5.48. The summed E-state index contributed by atoms with van der Waals surface area (Å²) >= 11 is 0. The van der Waals surface area contributed by atoms with E-state index in [1.807, 2.05) is 0 Å². The lowest BCUT2D eigenvalue weighted by molar-refractivity contribution is -0.0429. The monoisotopic (exact) mass is 250 g/mol. The largest absolute Gasteiger partial charge is 0.516 e. The van der Waals surface area contributed by atoms with Crippen molar-refractivity contribution in [2.45, 2.75) is 5.51 Å². The molecule has 86 valence electrons. The third-order valence-electron chi connectivity index (χ3n) is 1.60. The van der Waals surface area contributed by atoms with Crippen LogP contribution in [0.5, 0.6) is 0 Å². The van der Waals surface area contributed by atoms with Crippen molar-refractivity contribution < 1.29 is 21.6 Å². The summed E-state index contributed by atoms with van der Waals surface area (Å²) in [5.41, 5.74) is -5.99. The van der Waals surface area contributed by atoms with E-state index in [0.29, 0.717) is 0 Å². The van der Waals surface area contributed by atoms with Gasteiger partial charge < -0.3 is 0 Å². The predicted molar refractivity (Wildman–Crippen MR) is 49.8 cm³/mol. The maximum Gasteiger partial charge on any atom is 0.516 e. The summed E-state index contributed by atoms with van der Waals surface area (Å²) in [6.07, 6.45) is 0. The van der Waals surface area contributed by atoms with Crippen LogP contribution >= 0.6 is 0 Å². The number of nitriles is 1. The Morgan fingerprint density at radius 2 is 1.81 bits per heavy atom. The van der Waals surface area contributed by atoms with Gasteiger partial charge in [-0.2, -0.15) is 26.9 Å². The van der Waals surface area contributed by atoms with Gasteiger partial charge in [-0.1, -0.05) is 12.1 Å². The predicted octanol–water partition coefficient (Wildman–Crippen LogP) is 1.82. The second-order valence-corrected chi connectivity index (χ2v) is 4.38. The fourth-order valence-corrected chi connectivity index (χ4v) is 1.46. The molecule has 16 heavy (non-hydrogen) atoms. The third kappa shape index (κ3) is 2.43. The molecule has 0 aliphatic carbocycles. The van der Waals surface area contributed by atoms with Crippen molar-refractivity contribution in [3.63, 3.8) is 0 Å². The van der Waals surface area contributed by atoms with E-state index >= 15 is 0 Å². The zero-order valence-corrected chi connectivity index (χ0v) is 8.43. The molecule has 0 amide bonds. The molecule has 0 aliphatic heterocycles. The first kappa shape index (κ1) is 12.3. The highest BCUT2D eigenvalue weighted by atomic mass is 32.2. The Kier molecular flexibility index (Phi) is 3.09. The van der Waals surface area contributed by atoms with Crippen molar-refractivity contribution in [1.29, 1.82) is 5.26 Å². The van der Waals surface area contributed by atoms with E-state index in [1.165, 1.54) is 22.9 Å². The molecule has 0 aliphatic rings. The summed E-state index contributed by atoms with van der Waals surface area (Å²) < 4.78 is 58.9. The van der Waals surface area contributed by atoms with Crippen LogP contribution in [0.1, 0.15) is 5.56 Å². The Balaban J connectivity index is 3.13. The molecule has 1 N–H and O–H groups in total. The van der Waals surface area contributed by atoms with E-state index in [9.17, 15) is 21.6 Å². The lowest BCUT2D eigenvalue weighted by atomic mass is 10.2. The molecule has 0 aromatic heterocycles. The number of halogens is 3. The Morgan fingerprint density at radius 1 is 1.25 bits per heavy atom. The van der Waals surface area contributed by atoms with Crippen molar-refractivity contribution in [2.75, 3.05) is 4.72 Å². The van der Waals surface area contributed by atoms with Crippen LogP contribution in [-0.4, -0.2) is 13.9 Å². The van der Waals surface area contributed by atoms with Gasteiger partial charge in [0.05, 0.1) is 11.3 Å². The molecule has 8 heteroatoms. The van der Waals surface area contributed by atoms with Crippen LogP contribution in [-0.2, 0) is 10.0 Å². The van der Waals surface area contributed by atoms with Gasteiger partial charge in [0.15, 0.2) is 0 Å². The second-order valence-electron chi connectivity index (χ2n) is 2.71. The maximum absolute atomic E-state index is 12.0. The van der Waals surface area contributed by atoms with Gasteiger partial charge in [-0.25, -0.2) is 0 Å². The number of anilines is 1. The number of para-hydroxylation sites is 1. The lowest BCUT2D eigenvalue weighted by Crippen LogP contribution is -2.30. The number of sulfonamides is 1. The highest BCUT2D eigenvalue weighted by Crippen LogP contribution is 2.26. The fraction of sp³-hybridized carbons (Fsp3) is 0.125. The summed E-state index contributed by atoms with van der Waals surface area (Å²) in [6, 6.07) is 6.57. The van der Waals surface area contributed by atoms with Gasteiger partial charge in [0.2, 0.25) is 0 Å². The van der Waals surface area contributed by atoms with E-state index in [2.05, 4.69) is 0 Å². The first-order chi connectivity index (χ1) is 7.28. The fourth-order valence-electron chi connectivity index (χ4n) is 0.872. The quantitative estimate of drug-likeness (QED) is 0.870. The van der Waals surface area contributed by atoms with Crippen molar-refractivity contribution in [3.8, 4) is 6.07 Å². The zero-order valence-electron chi connectivity index (χ0n) is 7.62. The number of rotatable bonds is 2. The number of hydrogen-bond donors (Lipinski definition) is 1. The van der Waals surface area contributed by atoms with Crippen LogP contribution in [0.3, 0.4) is 0 Å². The molecule has 0 fully saturated rings. The Labute approximate surface area is 89.4 Å². The van der Waals surface area contributed by atoms with E-state index in [-0.39, 0.29) is 5.56 Å². The van der Waals surface area contributed by atoms with E-state index < -0.39 is 21.2 Å². The molecule has 0 bridgehead atoms. The molecule has 1 aromatic carbocycles. The standard InChI is InChI=1S/C8H5F3N2O2S/c9-8(10,11)16(14,15)13-7-4-2-1-3-6(7)5-12/h1-4,13H. The molecule has 0 heterocycles. The molecule has 1 aromatic rings. The average Bonchev–Trinajstić information content (AvgIpc) is 2.16. The van der Waals surface area contributed by atoms with Gasteiger partial charge in [0, 0.05) is 0 Å². The summed E-state index contributed by atoms with van der Waals surface area (Å²) in [5, 5.41) is 8.55. The SMILES string of the molecule is N#Cc1ccccc1NS(=O)(=O)C(F)(F)F. The Morgan fingerprint density at radius 3 is 2.31 bits per heavy atom. The molecule has 1 rings (SSSR count). The Hall–Kier alpha value is -1.75. The minimum Gasteiger partial charge on any atom is -0.275 e. The molecule has 0 spiro atoms.